The van der Waals surface area contributed by atoms with Gasteiger partial charge in [-0.05, 0) is 37.5 Å². The Labute approximate surface area is 120 Å². The number of aliphatic carboxylic acids is 1. The molecule has 20 heavy (non-hydrogen) atoms. The van der Waals surface area contributed by atoms with Crippen molar-refractivity contribution in [2.75, 3.05) is 13.1 Å². The maximum absolute atomic E-state index is 12.2. The van der Waals surface area contributed by atoms with E-state index >= 15 is 0 Å². The molecule has 1 heterocycles. The lowest BCUT2D eigenvalue weighted by atomic mass is 10.0. The maximum Gasteiger partial charge on any atom is 0.317 e. The lowest BCUT2D eigenvalue weighted by Gasteiger charge is -2.22. The summed E-state index contributed by atoms with van der Waals surface area (Å²) in [6.45, 7) is 3.59. The molecule has 2 amide bonds. The van der Waals surface area contributed by atoms with Gasteiger partial charge in [-0.25, -0.2) is 4.79 Å². The van der Waals surface area contributed by atoms with E-state index in [1.807, 2.05) is 4.90 Å². The normalized spacial score (nSPS) is 23.6. The summed E-state index contributed by atoms with van der Waals surface area (Å²) in [5, 5.41) is 11.8. The fourth-order valence-corrected chi connectivity index (χ4v) is 2.93. The van der Waals surface area contributed by atoms with Gasteiger partial charge in [0.15, 0.2) is 0 Å². The summed E-state index contributed by atoms with van der Waals surface area (Å²) < 4.78 is 0. The first kappa shape index (κ1) is 15.1. The van der Waals surface area contributed by atoms with Gasteiger partial charge < -0.3 is 15.3 Å². The molecular formula is C15H26N2O3. The molecule has 114 valence electrons. The molecule has 2 N–H and O–H groups in total. The first-order chi connectivity index (χ1) is 9.58. The van der Waals surface area contributed by atoms with E-state index in [2.05, 4.69) is 12.2 Å². The van der Waals surface area contributed by atoms with Crippen LogP contribution >= 0.6 is 0 Å². The van der Waals surface area contributed by atoms with Crippen LogP contribution in [0.25, 0.3) is 0 Å². The molecule has 2 aliphatic rings. The Morgan fingerprint density at radius 3 is 2.65 bits per heavy atom. The topological polar surface area (TPSA) is 69.6 Å². The predicted octanol–water partition coefficient (Wildman–Crippen LogP) is 2.46. The molecule has 1 saturated heterocycles. The third-order valence-electron chi connectivity index (χ3n) is 4.47. The van der Waals surface area contributed by atoms with E-state index < -0.39 is 5.97 Å². The number of carbonyl (C=O) groups is 2. The molecular weight excluding hydrogens is 256 g/mol. The fraction of sp³-hybridized carbons (Fsp3) is 0.867. The van der Waals surface area contributed by atoms with Crippen LogP contribution in [0.5, 0.6) is 0 Å². The van der Waals surface area contributed by atoms with Crippen LogP contribution < -0.4 is 5.32 Å². The third kappa shape index (κ3) is 4.69. The molecule has 0 radical (unpaired) electrons. The Morgan fingerprint density at radius 2 is 2.05 bits per heavy atom. The molecule has 0 aromatic carbocycles. The molecule has 2 unspecified atom stereocenters. The van der Waals surface area contributed by atoms with E-state index in [1.165, 1.54) is 12.8 Å². The van der Waals surface area contributed by atoms with Crippen LogP contribution in [0.2, 0.25) is 0 Å². The molecule has 0 bridgehead atoms. The van der Waals surface area contributed by atoms with Gasteiger partial charge in [-0.3, -0.25) is 4.79 Å². The largest absolute Gasteiger partial charge is 0.481 e. The summed E-state index contributed by atoms with van der Waals surface area (Å²) >= 11 is 0. The first-order valence-electron chi connectivity index (χ1n) is 7.85. The summed E-state index contributed by atoms with van der Waals surface area (Å²) in [6.07, 6.45) is 6.54. The molecule has 0 aromatic heterocycles. The average molecular weight is 282 g/mol. The lowest BCUT2D eigenvalue weighted by Crippen LogP contribution is -2.43. The highest BCUT2D eigenvalue weighted by Crippen LogP contribution is 2.34. The minimum atomic E-state index is -0.747. The zero-order valence-corrected chi connectivity index (χ0v) is 12.3. The Morgan fingerprint density at radius 1 is 1.30 bits per heavy atom. The number of hydrogen-bond donors (Lipinski definition) is 2. The SMILES string of the molecule is CCC(CC1CC1)NC(=O)N1CCC(CCC(=O)O)C1. The van der Waals surface area contributed by atoms with Crippen molar-refractivity contribution in [1.82, 2.24) is 10.2 Å². The molecule has 1 aliphatic carbocycles. The molecule has 2 rings (SSSR count). The minimum absolute atomic E-state index is 0.0373. The van der Waals surface area contributed by atoms with Crippen molar-refractivity contribution in [1.29, 1.82) is 0 Å². The number of urea groups is 1. The quantitative estimate of drug-likeness (QED) is 0.753. The van der Waals surface area contributed by atoms with Crippen LogP contribution in [-0.4, -0.2) is 41.1 Å². The van der Waals surface area contributed by atoms with Crippen molar-refractivity contribution >= 4 is 12.0 Å². The monoisotopic (exact) mass is 282 g/mol. The van der Waals surface area contributed by atoms with E-state index in [-0.39, 0.29) is 12.5 Å². The second-order valence-corrected chi connectivity index (χ2v) is 6.27. The van der Waals surface area contributed by atoms with Gasteiger partial charge in [0.2, 0.25) is 0 Å². The molecule has 0 spiro atoms. The van der Waals surface area contributed by atoms with Crippen LogP contribution in [-0.2, 0) is 4.79 Å². The number of nitrogens with one attached hydrogen (secondary N) is 1. The minimum Gasteiger partial charge on any atom is -0.481 e. The predicted molar refractivity (Wildman–Crippen MR) is 76.5 cm³/mol. The number of carboxylic acids is 1. The highest BCUT2D eigenvalue weighted by molar-refractivity contribution is 5.74. The van der Waals surface area contributed by atoms with Crippen molar-refractivity contribution in [2.24, 2.45) is 11.8 Å². The molecule has 5 heteroatoms. The van der Waals surface area contributed by atoms with E-state index in [4.69, 9.17) is 5.11 Å². The van der Waals surface area contributed by atoms with Crippen LogP contribution in [0.3, 0.4) is 0 Å². The van der Waals surface area contributed by atoms with Crippen LogP contribution in [0.4, 0.5) is 4.79 Å². The van der Waals surface area contributed by atoms with E-state index in [9.17, 15) is 9.59 Å². The highest BCUT2D eigenvalue weighted by atomic mass is 16.4. The summed E-state index contributed by atoms with van der Waals surface area (Å²) in [6, 6.07) is 0.336. The van der Waals surface area contributed by atoms with Gasteiger partial charge in [0, 0.05) is 25.6 Å². The van der Waals surface area contributed by atoms with E-state index in [0.29, 0.717) is 24.9 Å². The van der Waals surface area contributed by atoms with Gasteiger partial charge in [0.25, 0.3) is 0 Å². The Balaban J connectivity index is 1.71. The maximum atomic E-state index is 12.2. The van der Waals surface area contributed by atoms with E-state index in [0.717, 1.165) is 31.7 Å². The third-order valence-corrected chi connectivity index (χ3v) is 4.47. The second-order valence-electron chi connectivity index (χ2n) is 6.27. The zero-order chi connectivity index (χ0) is 14.5. The summed E-state index contributed by atoms with van der Waals surface area (Å²) in [7, 11) is 0. The standard InChI is InChI=1S/C15H26N2O3/c1-2-13(9-11-3-4-11)16-15(20)17-8-7-12(10-17)5-6-14(18)19/h11-13H,2-10H2,1H3,(H,16,20)(H,18,19). The van der Waals surface area contributed by atoms with Crippen LogP contribution in [0.1, 0.15) is 51.9 Å². The van der Waals surface area contributed by atoms with Crippen molar-refractivity contribution in [2.45, 2.75) is 57.9 Å². The van der Waals surface area contributed by atoms with Crippen molar-refractivity contribution < 1.29 is 14.7 Å². The average Bonchev–Trinajstić information content (AvgIpc) is 3.10. The lowest BCUT2D eigenvalue weighted by molar-refractivity contribution is -0.137. The van der Waals surface area contributed by atoms with Gasteiger partial charge in [-0.2, -0.15) is 0 Å². The zero-order valence-electron chi connectivity index (χ0n) is 12.3. The number of rotatable bonds is 7. The van der Waals surface area contributed by atoms with Crippen LogP contribution in [0.15, 0.2) is 0 Å². The number of carbonyl (C=O) groups excluding carboxylic acids is 1. The molecule has 2 fully saturated rings. The fourth-order valence-electron chi connectivity index (χ4n) is 2.93. The Kier molecular flexibility index (Phi) is 5.26. The Bertz CT molecular complexity index is 355. The number of likely N-dealkylation sites (tertiary alicyclic amines) is 1. The molecule has 1 saturated carbocycles. The highest BCUT2D eigenvalue weighted by Gasteiger charge is 2.29. The van der Waals surface area contributed by atoms with Crippen molar-refractivity contribution in [3.63, 3.8) is 0 Å². The summed E-state index contributed by atoms with van der Waals surface area (Å²) in [4.78, 5) is 24.6. The molecule has 2 atom stereocenters. The molecule has 1 aliphatic heterocycles. The van der Waals surface area contributed by atoms with Gasteiger partial charge in [-0.1, -0.05) is 19.8 Å². The summed E-state index contributed by atoms with van der Waals surface area (Å²) in [5.74, 6) is 0.422. The smallest absolute Gasteiger partial charge is 0.317 e. The number of carboxylic acid groups (broad SMARTS) is 1. The second kappa shape index (κ2) is 6.95. The summed E-state index contributed by atoms with van der Waals surface area (Å²) in [5.41, 5.74) is 0. The Hall–Kier alpha value is -1.26. The van der Waals surface area contributed by atoms with Crippen molar-refractivity contribution in [3.8, 4) is 0 Å². The number of nitrogens with zero attached hydrogens (tertiary/aromatic N) is 1. The van der Waals surface area contributed by atoms with Crippen molar-refractivity contribution in [3.05, 3.63) is 0 Å². The van der Waals surface area contributed by atoms with Gasteiger partial charge >= 0.3 is 12.0 Å². The molecule has 0 aromatic rings. The van der Waals surface area contributed by atoms with E-state index in [1.54, 1.807) is 0 Å². The van der Waals surface area contributed by atoms with Gasteiger partial charge in [0.05, 0.1) is 0 Å². The number of hydrogen-bond acceptors (Lipinski definition) is 2. The van der Waals surface area contributed by atoms with Crippen LogP contribution in [0, 0.1) is 11.8 Å². The number of amides is 2. The van der Waals surface area contributed by atoms with Gasteiger partial charge in [0.1, 0.15) is 0 Å². The molecule has 5 nitrogen and oxygen atoms in total. The first-order valence-corrected chi connectivity index (χ1v) is 7.85. The van der Waals surface area contributed by atoms with Gasteiger partial charge in [-0.15, -0.1) is 0 Å².